The van der Waals surface area contributed by atoms with E-state index < -0.39 is 11.6 Å². The summed E-state index contributed by atoms with van der Waals surface area (Å²) >= 11 is 0. The van der Waals surface area contributed by atoms with Gasteiger partial charge in [0.1, 0.15) is 5.78 Å². The topological polar surface area (TPSA) is 40.9 Å². The van der Waals surface area contributed by atoms with Crippen molar-refractivity contribution in [2.24, 2.45) is 28.6 Å². The van der Waals surface area contributed by atoms with Gasteiger partial charge in [-0.05, 0) is 54.8 Å². The van der Waals surface area contributed by atoms with Crippen LogP contribution in [0.15, 0.2) is 23.3 Å². The van der Waals surface area contributed by atoms with Gasteiger partial charge in [0.15, 0.2) is 0 Å². The van der Waals surface area contributed by atoms with Crippen molar-refractivity contribution in [1.29, 1.82) is 5.26 Å². The quantitative estimate of drug-likeness (QED) is 0.427. The van der Waals surface area contributed by atoms with Crippen LogP contribution in [0, 0.1) is 39.9 Å². The van der Waals surface area contributed by atoms with Crippen molar-refractivity contribution in [1.82, 2.24) is 0 Å². The van der Waals surface area contributed by atoms with E-state index in [1.807, 2.05) is 13.8 Å². The Bertz CT molecular complexity index is 729. The number of fused-ring (bicyclic) bond motifs is 3. The molecule has 0 amide bonds. The average molecular weight is 379 g/mol. The fourth-order valence-electron chi connectivity index (χ4n) is 6.62. The third-order valence-corrected chi connectivity index (χ3v) is 7.62. The highest BCUT2D eigenvalue weighted by Gasteiger charge is 2.60. The van der Waals surface area contributed by atoms with E-state index in [-0.39, 0.29) is 29.0 Å². The maximum absolute atomic E-state index is 13.3. The highest BCUT2D eigenvalue weighted by molar-refractivity contribution is 5.85. The number of nitriles is 1. The molecule has 3 fully saturated rings. The molecule has 5 heteroatoms. The maximum atomic E-state index is 13.3. The van der Waals surface area contributed by atoms with Gasteiger partial charge in [0.2, 0.25) is 0 Å². The first-order valence-corrected chi connectivity index (χ1v) is 9.97. The van der Waals surface area contributed by atoms with Crippen molar-refractivity contribution in [2.75, 3.05) is 0 Å². The third-order valence-electron chi connectivity index (χ3n) is 7.62. The minimum atomic E-state index is -4.35. The number of carbonyl (C=O) groups is 1. The van der Waals surface area contributed by atoms with E-state index in [1.54, 1.807) is 6.08 Å². The summed E-state index contributed by atoms with van der Waals surface area (Å²) in [4.78, 5) is 13.3. The lowest BCUT2D eigenvalue weighted by Gasteiger charge is -2.55. The number of Topliss-reactive ketones (excluding diaryl/α,β-unsaturated/α-hetero) is 1. The maximum Gasteiger partial charge on any atom is 0.409 e. The van der Waals surface area contributed by atoms with E-state index in [2.05, 4.69) is 13.0 Å². The molecule has 27 heavy (non-hydrogen) atoms. The molecule has 0 bridgehead atoms. The number of allylic oxidation sites excluding steroid dienone is 4. The Kier molecular flexibility index (Phi) is 5.08. The molecule has 0 aromatic rings. The van der Waals surface area contributed by atoms with Crippen molar-refractivity contribution < 1.29 is 18.0 Å². The van der Waals surface area contributed by atoms with Crippen LogP contribution in [0.4, 0.5) is 13.2 Å². The zero-order valence-corrected chi connectivity index (χ0v) is 16.3. The van der Waals surface area contributed by atoms with Gasteiger partial charge in [-0.2, -0.15) is 18.4 Å². The number of alkyl halides is 3. The van der Waals surface area contributed by atoms with Crippen LogP contribution >= 0.6 is 0 Å². The van der Waals surface area contributed by atoms with Crippen LogP contribution in [0.5, 0.6) is 0 Å². The summed E-state index contributed by atoms with van der Waals surface area (Å²) in [6, 6.07) is 2.12. The number of rotatable bonds is 2. The Hall–Kier alpha value is -1.57. The molecule has 2 nitrogen and oxygen atoms in total. The summed E-state index contributed by atoms with van der Waals surface area (Å²) in [5.41, 5.74) is 0.441. The van der Waals surface area contributed by atoms with E-state index in [0.717, 1.165) is 24.8 Å². The Morgan fingerprint density at radius 2 is 1.89 bits per heavy atom. The molecule has 5 unspecified atom stereocenters. The molecule has 0 N–H and O–H groups in total. The lowest BCUT2D eigenvalue weighted by atomic mass is 9.47. The van der Waals surface area contributed by atoms with Gasteiger partial charge in [-0.25, -0.2) is 0 Å². The molecule has 3 aliphatic rings. The predicted octanol–water partition coefficient (Wildman–Crippen LogP) is 6.15. The van der Waals surface area contributed by atoms with Gasteiger partial charge in [0.05, 0.1) is 6.07 Å². The van der Waals surface area contributed by atoms with Crippen LogP contribution in [0.25, 0.3) is 0 Å². The second kappa shape index (κ2) is 6.79. The zero-order valence-electron chi connectivity index (χ0n) is 16.3. The summed E-state index contributed by atoms with van der Waals surface area (Å²) in [5, 5.41) is 9.10. The summed E-state index contributed by atoms with van der Waals surface area (Å²) in [5.74, 6) is 0.152. The summed E-state index contributed by atoms with van der Waals surface area (Å²) in [6.07, 6.45) is 2.22. The lowest BCUT2D eigenvalue weighted by Crippen LogP contribution is -2.53. The Morgan fingerprint density at radius 3 is 2.48 bits per heavy atom. The molecule has 5 atom stereocenters. The van der Waals surface area contributed by atoms with Gasteiger partial charge in [0.25, 0.3) is 0 Å². The number of halogens is 3. The predicted molar refractivity (Wildman–Crippen MR) is 97.5 cm³/mol. The van der Waals surface area contributed by atoms with Crippen LogP contribution < -0.4 is 0 Å². The van der Waals surface area contributed by atoms with Crippen LogP contribution in [0.2, 0.25) is 0 Å². The highest BCUT2D eigenvalue weighted by Crippen LogP contribution is 2.65. The molecule has 0 heterocycles. The van der Waals surface area contributed by atoms with Crippen molar-refractivity contribution in [3.8, 4) is 6.07 Å². The molecule has 3 rings (SSSR count). The minimum absolute atomic E-state index is 0.0909. The first-order valence-electron chi connectivity index (χ1n) is 9.97. The second-order valence-corrected chi connectivity index (χ2v) is 9.06. The Labute approximate surface area is 159 Å². The Balaban J connectivity index is 2.04. The fraction of sp³-hybridized carbons (Fsp3) is 0.727. The van der Waals surface area contributed by atoms with E-state index in [1.165, 1.54) is 0 Å². The molecule has 0 radical (unpaired) electrons. The molecule has 148 valence electrons. The summed E-state index contributed by atoms with van der Waals surface area (Å²) in [7, 11) is 0. The smallest absolute Gasteiger partial charge is 0.299 e. The van der Waals surface area contributed by atoms with Crippen molar-refractivity contribution in [2.45, 2.75) is 71.9 Å². The van der Waals surface area contributed by atoms with Crippen molar-refractivity contribution in [3.63, 3.8) is 0 Å². The first-order chi connectivity index (χ1) is 12.6. The van der Waals surface area contributed by atoms with Gasteiger partial charge >= 0.3 is 6.18 Å². The van der Waals surface area contributed by atoms with Gasteiger partial charge in [-0.3, -0.25) is 4.79 Å². The normalized spacial score (nSPS) is 42.1. The third kappa shape index (κ3) is 3.26. The molecule has 3 saturated carbocycles. The molecule has 0 aromatic carbocycles. The van der Waals surface area contributed by atoms with E-state index >= 15 is 0 Å². The number of hydrogen-bond acceptors (Lipinski definition) is 2. The van der Waals surface area contributed by atoms with Crippen molar-refractivity contribution >= 4 is 5.78 Å². The highest BCUT2D eigenvalue weighted by atomic mass is 19.4. The minimum Gasteiger partial charge on any atom is -0.299 e. The summed E-state index contributed by atoms with van der Waals surface area (Å²) in [6.45, 7) is 5.94. The summed E-state index contributed by atoms with van der Waals surface area (Å²) < 4.78 is 39.5. The second-order valence-electron chi connectivity index (χ2n) is 9.06. The van der Waals surface area contributed by atoms with Gasteiger partial charge in [0, 0.05) is 24.5 Å². The van der Waals surface area contributed by atoms with Crippen LogP contribution in [0.1, 0.15) is 65.7 Å². The number of carbonyl (C=O) groups excluding carboxylic acids is 1. The number of hydrogen-bond donors (Lipinski definition) is 0. The first kappa shape index (κ1) is 20.2. The fourth-order valence-corrected chi connectivity index (χ4v) is 6.62. The monoisotopic (exact) mass is 379 g/mol. The lowest BCUT2D eigenvalue weighted by molar-refractivity contribution is -0.142. The van der Waals surface area contributed by atoms with E-state index in [4.69, 9.17) is 5.26 Å². The average Bonchev–Trinajstić information content (AvgIpc) is 2.86. The number of nitrogens with zero attached hydrogens (tertiary/aromatic N) is 1. The van der Waals surface area contributed by atoms with E-state index in [9.17, 15) is 18.0 Å². The molecule has 0 spiro atoms. The molecule has 0 saturated heterocycles. The zero-order chi connectivity index (χ0) is 20.0. The molecule has 0 aliphatic heterocycles. The number of ketones is 1. The van der Waals surface area contributed by atoms with Crippen molar-refractivity contribution in [3.05, 3.63) is 23.3 Å². The van der Waals surface area contributed by atoms with Gasteiger partial charge in [-0.15, -0.1) is 0 Å². The molecular formula is C22H28F3NO. The Morgan fingerprint density at radius 1 is 1.22 bits per heavy atom. The van der Waals surface area contributed by atoms with Gasteiger partial charge in [-0.1, -0.05) is 38.3 Å². The molecular weight excluding hydrogens is 351 g/mol. The largest absolute Gasteiger partial charge is 0.409 e. The van der Waals surface area contributed by atoms with E-state index in [0.29, 0.717) is 37.3 Å². The molecule has 3 aliphatic carbocycles. The van der Waals surface area contributed by atoms with Crippen LogP contribution in [-0.2, 0) is 4.79 Å². The SMILES string of the molecule is CCCC1(C)/C(=C\C(F)(F)F)CCC2C3CC/C(=C/C#N)C3(C)CC(=O)C21. The standard InChI is InChI=1S/C22H28F3NO/c1-4-10-20(2)15(12-22(23,24)25)5-7-16-17-8-6-14(9-11-26)21(17,3)13-18(27)19(16)20/h9,12,16-17,19H,4-8,10,13H2,1-3H3/b14-9-,15-12-. The van der Waals surface area contributed by atoms with Gasteiger partial charge < -0.3 is 0 Å². The molecule has 0 aromatic heterocycles. The van der Waals surface area contributed by atoms with Crippen LogP contribution in [0.3, 0.4) is 0 Å². The van der Waals surface area contributed by atoms with Crippen LogP contribution in [-0.4, -0.2) is 12.0 Å².